The van der Waals surface area contributed by atoms with Gasteiger partial charge in [0, 0.05) is 13.2 Å². The molecule has 82 valence electrons. The second kappa shape index (κ2) is 4.92. The van der Waals surface area contributed by atoms with E-state index in [1.807, 2.05) is 0 Å². The van der Waals surface area contributed by atoms with E-state index in [-0.39, 0.29) is 5.22 Å². The van der Waals surface area contributed by atoms with E-state index < -0.39 is 9.52 Å². The molecule has 2 nitrogen and oxygen atoms in total. The Balaban J connectivity index is 2.07. The fourth-order valence-electron chi connectivity index (χ4n) is 2.25. The molecule has 1 aliphatic heterocycles. The number of benzene rings is 1. The third-order valence-corrected chi connectivity index (χ3v) is 5.55. The molecule has 0 amide bonds. The van der Waals surface area contributed by atoms with Gasteiger partial charge in [-0.3, -0.25) is 0 Å². The zero-order chi connectivity index (χ0) is 10.6. The SMILES string of the molecule is NCC1([SiH2]c2ccccc2)CCCCO1. The van der Waals surface area contributed by atoms with E-state index in [0.29, 0.717) is 6.54 Å². The van der Waals surface area contributed by atoms with Crippen LogP contribution in [0.4, 0.5) is 0 Å². The Morgan fingerprint density at radius 3 is 2.67 bits per heavy atom. The number of nitrogens with two attached hydrogens (primary N) is 1. The second-order valence-electron chi connectivity index (χ2n) is 4.36. The standard InChI is InChI=1S/C12H19NOSi/c13-10-12(8-4-5-9-14-12)15-11-6-2-1-3-7-11/h1-3,6-7H,4-5,8-10,13,15H2. The van der Waals surface area contributed by atoms with E-state index in [1.54, 1.807) is 0 Å². The minimum absolute atomic E-state index is 0.0413. The molecule has 1 unspecified atom stereocenters. The zero-order valence-electron chi connectivity index (χ0n) is 9.11. The first-order valence-corrected chi connectivity index (χ1v) is 7.14. The summed E-state index contributed by atoms with van der Waals surface area (Å²) in [5.74, 6) is 0. The van der Waals surface area contributed by atoms with Gasteiger partial charge in [0.2, 0.25) is 0 Å². The molecule has 1 heterocycles. The monoisotopic (exact) mass is 221 g/mol. The molecular weight excluding hydrogens is 202 g/mol. The molecule has 1 fully saturated rings. The Morgan fingerprint density at radius 1 is 1.27 bits per heavy atom. The van der Waals surface area contributed by atoms with Gasteiger partial charge in [0.1, 0.15) is 0 Å². The lowest BCUT2D eigenvalue weighted by Crippen LogP contribution is -2.52. The number of ether oxygens (including phenoxy) is 1. The first-order valence-electron chi connectivity index (χ1n) is 5.73. The van der Waals surface area contributed by atoms with Crippen LogP contribution in [0.2, 0.25) is 0 Å². The molecule has 0 aromatic heterocycles. The average Bonchev–Trinajstić information content (AvgIpc) is 2.32. The quantitative estimate of drug-likeness (QED) is 0.747. The Hall–Kier alpha value is -0.643. The lowest BCUT2D eigenvalue weighted by molar-refractivity contribution is -0.0127. The van der Waals surface area contributed by atoms with Gasteiger partial charge in [0.25, 0.3) is 0 Å². The summed E-state index contributed by atoms with van der Waals surface area (Å²) in [6.45, 7) is 1.59. The van der Waals surface area contributed by atoms with Crippen LogP contribution in [-0.2, 0) is 4.74 Å². The molecule has 1 aliphatic rings. The van der Waals surface area contributed by atoms with Crippen LogP contribution in [0.3, 0.4) is 0 Å². The van der Waals surface area contributed by atoms with Crippen LogP contribution in [0.5, 0.6) is 0 Å². The lowest BCUT2D eigenvalue weighted by Gasteiger charge is -2.36. The summed E-state index contributed by atoms with van der Waals surface area (Å²) >= 11 is 0. The molecule has 15 heavy (non-hydrogen) atoms. The summed E-state index contributed by atoms with van der Waals surface area (Å²) in [5, 5.41) is 1.50. The summed E-state index contributed by atoms with van der Waals surface area (Å²) in [6, 6.07) is 10.7. The maximum absolute atomic E-state index is 5.96. The predicted molar refractivity (Wildman–Crippen MR) is 66.2 cm³/mol. The summed E-state index contributed by atoms with van der Waals surface area (Å²) in [6.07, 6.45) is 3.63. The molecular formula is C12H19NOSi. The fraction of sp³-hybridized carbons (Fsp3) is 0.500. The van der Waals surface area contributed by atoms with E-state index in [2.05, 4.69) is 30.3 Å². The number of hydrogen-bond acceptors (Lipinski definition) is 2. The Bertz CT molecular complexity index is 296. The summed E-state index contributed by atoms with van der Waals surface area (Å²) < 4.78 is 5.96. The van der Waals surface area contributed by atoms with E-state index >= 15 is 0 Å². The largest absolute Gasteiger partial charge is 0.377 e. The van der Waals surface area contributed by atoms with Gasteiger partial charge in [-0.05, 0) is 19.3 Å². The highest BCUT2D eigenvalue weighted by molar-refractivity contribution is 6.56. The normalized spacial score (nSPS) is 27.3. The molecule has 0 bridgehead atoms. The van der Waals surface area contributed by atoms with Gasteiger partial charge in [-0.15, -0.1) is 0 Å². The smallest absolute Gasteiger partial charge is 0.0942 e. The molecule has 0 aliphatic carbocycles. The van der Waals surface area contributed by atoms with Gasteiger partial charge in [-0.2, -0.15) is 0 Å². The zero-order valence-corrected chi connectivity index (χ0v) is 10.5. The van der Waals surface area contributed by atoms with Crippen LogP contribution in [0, 0.1) is 0 Å². The first kappa shape index (κ1) is 10.9. The molecule has 3 heteroatoms. The number of hydrogen-bond donors (Lipinski definition) is 1. The Labute approximate surface area is 93.6 Å². The highest BCUT2D eigenvalue weighted by atomic mass is 28.2. The highest BCUT2D eigenvalue weighted by Crippen LogP contribution is 2.22. The van der Waals surface area contributed by atoms with Gasteiger partial charge in [-0.25, -0.2) is 0 Å². The van der Waals surface area contributed by atoms with Crippen molar-refractivity contribution in [3.05, 3.63) is 30.3 Å². The fourth-order valence-corrected chi connectivity index (χ4v) is 4.32. The van der Waals surface area contributed by atoms with Crippen LogP contribution in [-0.4, -0.2) is 27.9 Å². The van der Waals surface area contributed by atoms with E-state index in [4.69, 9.17) is 10.5 Å². The first-order chi connectivity index (χ1) is 7.35. The van der Waals surface area contributed by atoms with E-state index in [9.17, 15) is 0 Å². The molecule has 1 aromatic rings. The van der Waals surface area contributed by atoms with Crippen molar-refractivity contribution in [2.45, 2.75) is 24.5 Å². The van der Waals surface area contributed by atoms with Crippen molar-refractivity contribution in [1.29, 1.82) is 0 Å². The Morgan fingerprint density at radius 2 is 2.07 bits per heavy atom. The minimum atomic E-state index is -0.411. The maximum atomic E-state index is 5.96. The molecule has 0 saturated carbocycles. The highest BCUT2D eigenvalue weighted by Gasteiger charge is 2.32. The summed E-state index contributed by atoms with van der Waals surface area (Å²) in [7, 11) is -0.411. The van der Waals surface area contributed by atoms with E-state index in [1.165, 1.54) is 18.0 Å². The molecule has 1 aromatic carbocycles. The van der Waals surface area contributed by atoms with Crippen LogP contribution >= 0.6 is 0 Å². The van der Waals surface area contributed by atoms with Crippen LogP contribution in [0.1, 0.15) is 19.3 Å². The molecule has 2 rings (SSSR count). The number of rotatable bonds is 3. The maximum Gasteiger partial charge on any atom is 0.0942 e. The van der Waals surface area contributed by atoms with Crippen molar-refractivity contribution in [1.82, 2.24) is 0 Å². The molecule has 0 spiro atoms. The van der Waals surface area contributed by atoms with Gasteiger partial charge in [-0.1, -0.05) is 35.5 Å². The van der Waals surface area contributed by atoms with Crippen molar-refractivity contribution < 1.29 is 4.74 Å². The summed E-state index contributed by atoms with van der Waals surface area (Å²) in [5.41, 5.74) is 5.90. The van der Waals surface area contributed by atoms with Gasteiger partial charge in [0.15, 0.2) is 0 Å². The van der Waals surface area contributed by atoms with Crippen molar-refractivity contribution in [3.63, 3.8) is 0 Å². The van der Waals surface area contributed by atoms with Crippen molar-refractivity contribution >= 4 is 14.7 Å². The molecule has 1 saturated heterocycles. The molecule has 2 N–H and O–H groups in total. The topological polar surface area (TPSA) is 35.2 Å². The Kier molecular flexibility index (Phi) is 3.56. The third kappa shape index (κ3) is 2.68. The van der Waals surface area contributed by atoms with Gasteiger partial charge in [0.05, 0.1) is 14.7 Å². The van der Waals surface area contributed by atoms with Crippen molar-refractivity contribution in [2.24, 2.45) is 5.73 Å². The summed E-state index contributed by atoms with van der Waals surface area (Å²) in [4.78, 5) is 0. The predicted octanol–water partition coefficient (Wildman–Crippen LogP) is 0.336. The molecule has 0 radical (unpaired) electrons. The van der Waals surface area contributed by atoms with Crippen molar-refractivity contribution in [3.8, 4) is 0 Å². The molecule has 1 atom stereocenters. The average molecular weight is 221 g/mol. The lowest BCUT2D eigenvalue weighted by atomic mass is 10.1. The minimum Gasteiger partial charge on any atom is -0.377 e. The van der Waals surface area contributed by atoms with Crippen LogP contribution in [0.15, 0.2) is 30.3 Å². The van der Waals surface area contributed by atoms with Crippen molar-refractivity contribution in [2.75, 3.05) is 13.2 Å². The second-order valence-corrected chi connectivity index (χ2v) is 6.81. The van der Waals surface area contributed by atoms with Gasteiger partial charge >= 0.3 is 0 Å². The van der Waals surface area contributed by atoms with Crippen LogP contribution in [0.25, 0.3) is 0 Å². The van der Waals surface area contributed by atoms with E-state index in [0.717, 1.165) is 13.0 Å². The van der Waals surface area contributed by atoms with Gasteiger partial charge < -0.3 is 10.5 Å². The van der Waals surface area contributed by atoms with Crippen LogP contribution < -0.4 is 10.9 Å². The third-order valence-electron chi connectivity index (χ3n) is 3.18.